The fourth-order valence-corrected chi connectivity index (χ4v) is 1.87. The van der Waals surface area contributed by atoms with Crippen LogP contribution in [0, 0.1) is 0 Å². The first kappa shape index (κ1) is 13.7. The third-order valence-corrected chi connectivity index (χ3v) is 2.89. The molecule has 0 aromatic rings. The molecule has 1 rings (SSSR count). The Kier molecular flexibility index (Phi) is 5.69. The maximum absolute atomic E-state index is 11.4. The Hall–Kier alpha value is -1.36. The average Bonchev–Trinajstić information content (AvgIpc) is 2.36. The molecule has 5 heteroatoms. The van der Waals surface area contributed by atoms with Gasteiger partial charge in [0.2, 0.25) is 11.8 Å². The van der Waals surface area contributed by atoms with E-state index in [1.165, 1.54) is 6.08 Å². The van der Waals surface area contributed by atoms with Crippen molar-refractivity contribution < 1.29 is 9.59 Å². The molecule has 0 atom stereocenters. The summed E-state index contributed by atoms with van der Waals surface area (Å²) in [5.41, 5.74) is 0. The number of rotatable bonds is 5. The second kappa shape index (κ2) is 7.06. The Labute approximate surface area is 102 Å². The van der Waals surface area contributed by atoms with E-state index in [4.69, 9.17) is 0 Å². The van der Waals surface area contributed by atoms with Gasteiger partial charge in [0, 0.05) is 45.7 Å². The van der Waals surface area contributed by atoms with Gasteiger partial charge in [-0.2, -0.15) is 0 Å². The molecule has 0 spiro atoms. The van der Waals surface area contributed by atoms with Crippen molar-refractivity contribution in [3.8, 4) is 0 Å². The molecule has 0 aromatic carbocycles. The van der Waals surface area contributed by atoms with Crippen molar-refractivity contribution in [3.05, 3.63) is 12.7 Å². The molecular weight excluding hydrogens is 218 g/mol. The smallest absolute Gasteiger partial charge is 0.246 e. The summed E-state index contributed by atoms with van der Waals surface area (Å²) < 4.78 is 0. The lowest BCUT2D eigenvalue weighted by Gasteiger charge is -2.34. The first-order valence-corrected chi connectivity index (χ1v) is 6.07. The third-order valence-electron chi connectivity index (χ3n) is 2.89. The first-order valence-electron chi connectivity index (χ1n) is 6.07. The van der Waals surface area contributed by atoms with Crippen LogP contribution >= 0.6 is 0 Å². The summed E-state index contributed by atoms with van der Waals surface area (Å²) in [7, 11) is 0. The van der Waals surface area contributed by atoms with Crippen molar-refractivity contribution in [3.63, 3.8) is 0 Å². The molecule has 1 aliphatic heterocycles. The zero-order valence-electron chi connectivity index (χ0n) is 10.4. The van der Waals surface area contributed by atoms with Crippen molar-refractivity contribution in [1.82, 2.24) is 15.1 Å². The minimum absolute atomic E-state index is 0.00613. The van der Waals surface area contributed by atoms with Gasteiger partial charge in [-0.3, -0.25) is 14.5 Å². The fourth-order valence-electron chi connectivity index (χ4n) is 1.87. The Morgan fingerprint density at radius 2 is 1.94 bits per heavy atom. The van der Waals surface area contributed by atoms with Crippen LogP contribution in [0.15, 0.2) is 12.7 Å². The number of nitrogens with one attached hydrogen (secondary N) is 1. The number of carbonyl (C=O) groups is 2. The van der Waals surface area contributed by atoms with Crippen LogP contribution in [-0.2, 0) is 9.59 Å². The topological polar surface area (TPSA) is 52.7 Å². The summed E-state index contributed by atoms with van der Waals surface area (Å²) in [5, 5.41) is 2.78. The Balaban J connectivity index is 2.21. The van der Waals surface area contributed by atoms with Crippen molar-refractivity contribution in [2.75, 3.05) is 39.3 Å². The van der Waals surface area contributed by atoms with Crippen molar-refractivity contribution in [2.24, 2.45) is 0 Å². The molecule has 1 heterocycles. The van der Waals surface area contributed by atoms with Gasteiger partial charge in [0.15, 0.2) is 0 Å². The highest BCUT2D eigenvalue weighted by Crippen LogP contribution is 2.03. The molecule has 17 heavy (non-hydrogen) atoms. The average molecular weight is 239 g/mol. The van der Waals surface area contributed by atoms with Gasteiger partial charge in [-0.05, 0) is 13.0 Å². The van der Waals surface area contributed by atoms with Crippen LogP contribution < -0.4 is 5.32 Å². The predicted octanol–water partition coefficient (Wildman–Crippen LogP) is -0.157. The minimum atomic E-state index is -0.00613. The monoisotopic (exact) mass is 239 g/mol. The zero-order chi connectivity index (χ0) is 12.7. The Morgan fingerprint density at radius 3 is 2.47 bits per heavy atom. The lowest BCUT2D eigenvalue weighted by molar-refractivity contribution is -0.128. The van der Waals surface area contributed by atoms with E-state index in [0.717, 1.165) is 32.7 Å². The quantitative estimate of drug-likeness (QED) is 0.678. The molecule has 0 saturated carbocycles. The highest BCUT2D eigenvalue weighted by atomic mass is 16.2. The standard InChI is InChI=1S/C12H21N3O2/c1-3-12(17)15-9-7-14(8-10-15)6-5-11(16)13-4-2/h3H,1,4-10H2,2H3,(H,13,16). The molecule has 0 aromatic heterocycles. The molecule has 1 fully saturated rings. The number of carbonyl (C=O) groups excluding carboxylic acids is 2. The minimum Gasteiger partial charge on any atom is -0.356 e. The van der Waals surface area contributed by atoms with Crippen LogP contribution in [0.4, 0.5) is 0 Å². The van der Waals surface area contributed by atoms with Gasteiger partial charge in [-0.1, -0.05) is 6.58 Å². The molecule has 0 radical (unpaired) electrons. The van der Waals surface area contributed by atoms with E-state index in [-0.39, 0.29) is 11.8 Å². The Morgan fingerprint density at radius 1 is 1.29 bits per heavy atom. The van der Waals surface area contributed by atoms with E-state index >= 15 is 0 Å². The molecule has 5 nitrogen and oxygen atoms in total. The van der Waals surface area contributed by atoms with Gasteiger partial charge in [0.05, 0.1) is 0 Å². The highest BCUT2D eigenvalue weighted by Gasteiger charge is 2.19. The maximum atomic E-state index is 11.4. The molecule has 0 aliphatic carbocycles. The molecule has 0 unspecified atom stereocenters. The van der Waals surface area contributed by atoms with Crippen LogP contribution in [0.3, 0.4) is 0 Å². The summed E-state index contributed by atoms with van der Waals surface area (Å²) in [6.45, 7) is 9.95. The van der Waals surface area contributed by atoms with Crippen LogP contribution in [0.1, 0.15) is 13.3 Å². The molecular formula is C12H21N3O2. The van der Waals surface area contributed by atoms with Gasteiger partial charge in [0.25, 0.3) is 0 Å². The molecule has 0 bridgehead atoms. The van der Waals surface area contributed by atoms with Gasteiger partial charge < -0.3 is 10.2 Å². The Bertz CT molecular complexity index is 283. The number of hydrogen-bond donors (Lipinski definition) is 1. The van der Waals surface area contributed by atoms with Gasteiger partial charge in [-0.25, -0.2) is 0 Å². The van der Waals surface area contributed by atoms with Gasteiger partial charge in [0.1, 0.15) is 0 Å². The molecule has 2 amide bonds. The number of hydrogen-bond acceptors (Lipinski definition) is 3. The van der Waals surface area contributed by atoms with Crippen molar-refractivity contribution >= 4 is 11.8 Å². The van der Waals surface area contributed by atoms with Crippen LogP contribution in [0.2, 0.25) is 0 Å². The van der Waals surface area contributed by atoms with E-state index in [1.807, 2.05) is 6.92 Å². The SMILES string of the molecule is C=CC(=O)N1CCN(CCC(=O)NCC)CC1. The van der Waals surface area contributed by atoms with Crippen molar-refractivity contribution in [2.45, 2.75) is 13.3 Å². The van der Waals surface area contributed by atoms with E-state index in [9.17, 15) is 9.59 Å². The van der Waals surface area contributed by atoms with Crippen LogP contribution in [0.25, 0.3) is 0 Å². The summed E-state index contributed by atoms with van der Waals surface area (Å²) in [6.07, 6.45) is 1.88. The van der Waals surface area contributed by atoms with E-state index in [0.29, 0.717) is 13.0 Å². The van der Waals surface area contributed by atoms with E-state index < -0.39 is 0 Å². The molecule has 1 N–H and O–H groups in total. The first-order chi connectivity index (χ1) is 8.17. The predicted molar refractivity (Wildman–Crippen MR) is 66.5 cm³/mol. The number of piperazine rings is 1. The number of amides is 2. The lowest BCUT2D eigenvalue weighted by Crippen LogP contribution is -2.48. The van der Waals surface area contributed by atoms with E-state index in [1.54, 1.807) is 4.90 Å². The summed E-state index contributed by atoms with van der Waals surface area (Å²) in [5.74, 6) is 0.0884. The molecule has 1 aliphatic rings. The molecule has 96 valence electrons. The fraction of sp³-hybridized carbons (Fsp3) is 0.667. The van der Waals surface area contributed by atoms with Crippen molar-refractivity contribution in [1.29, 1.82) is 0 Å². The second-order valence-corrected chi connectivity index (χ2v) is 4.07. The van der Waals surface area contributed by atoms with Crippen LogP contribution in [-0.4, -0.2) is 60.9 Å². The van der Waals surface area contributed by atoms with Gasteiger partial charge in [-0.15, -0.1) is 0 Å². The third kappa shape index (κ3) is 4.56. The summed E-state index contributed by atoms with van der Waals surface area (Å²) in [4.78, 5) is 26.6. The zero-order valence-corrected chi connectivity index (χ0v) is 10.4. The summed E-state index contributed by atoms with van der Waals surface area (Å²) >= 11 is 0. The summed E-state index contributed by atoms with van der Waals surface area (Å²) in [6, 6.07) is 0. The highest BCUT2D eigenvalue weighted by molar-refractivity contribution is 5.87. The maximum Gasteiger partial charge on any atom is 0.246 e. The lowest BCUT2D eigenvalue weighted by atomic mass is 10.2. The second-order valence-electron chi connectivity index (χ2n) is 4.07. The molecule has 1 saturated heterocycles. The number of nitrogens with zero attached hydrogens (tertiary/aromatic N) is 2. The van der Waals surface area contributed by atoms with Crippen LogP contribution in [0.5, 0.6) is 0 Å². The van der Waals surface area contributed by atoms with E-state index in [2.05, 4.69) is 16.8 Å². The van der Waals surface area contributed by atoms with Gasteiger partial charge >= 0.3 is 0 Å². The largest absolute Gasteiger partial charge is 0.356 e. The normalized spacial score (nSPS) is 16.6.